The highest BCUT2D eigenvalue weighted by molar-refractivity contribution is 5.85. The highest BCUT2D eigenvalue weighted by Crippen LogP contribution is 1.88. The van der Waals surface area contributed by atoms with Gasteiger partial charge in [0.2, 0.25) is 0 Å². The molecule has 17 heavy (non-hydrogen) atoms. The zero-order valence-electron chi connectivity index (χ0n) is 8.89. The average molecular weight is 251 g/mol. The van der Waals surface area contributed by atoms with Crippen molar-refractivity contribution in [1.82, 2.24) is 9.97 Å². The lowest BCUT2D eigenvalue weighted by Gasteiger charge is -1.81. The van der Waals surface area contributed by atoms with E-state index in [1.807, 2.05) is 0 Å². The van der Waals surface area contributed by atoms with E-state index < -0.39 is 0 Å². The number of nitrogens with zero attached hydrogens (tertiary/aromatic N) is 2. The van der Waals surface area contributed by atoms with Crippen LogP contribution in [-0.4, -0.2) is 22.5 Å². The number of pyridine rings is 2. The minimum absolute atomic E-state index is 0. The molecule has 2 rings (SSSR count). The third-order valence-electron chi connectivity index (χ3n) is 1.64. The van der Waals surface area contributed by atoms with Crippen LogP contribution < -0.4 is 0 Å². The van der Waals surface area contributed by atoms with Gasteiger partial charge in [-0.2, -0.15) is 0 Å². The molecule has 0 N–H and O–H groups in total. The number of hydrogen-bond donors (Lipinski definition) is 0. The van der Waals surface area contributed by atoms with E-state index in [9.17, 15) is 9.59 Å². The zero-order chi connectivity index (χ0) is 11.6. The van der Waals surface area contributed by atoms with Crippen molar-refractivity contribution < 1.29 is 9.59 Å². The standard InChI is InChI=1S/2C6H5NO.ClH/c2*8-5-6-2-1-3-7-4-6;/h2*1-5H;1H. The Hall–Kier alpha value is -2.07. The molecule has 0 aromatic carbocycles. The summed E-state index contributed by atoms with van der Waals surface area (Å²) in [5, 5.41) is 0. The van der Waals surface area contributed by atoms with Crippen LogP contribution in [0.1, 0.15) is 20.7 Å². The van der Waals surface area contributed by atoms with Crippen molar-refractivity contribution in [3.63, 3.8) is 0 Å². The summed E-state index contributed by atoms with van der Waals surface area (Å²) in [6.07, 6.45) is 7.85. The highest BCUT2D eigenvalue weighted by Gasteiger charge is 1.81. The maximum Gasteiger partial charge on any atom is 0.151 e. The van der Waals surface area contributed by atoms with Gasteiger partial charge in [0, 0.05) is 35.9 Å². The number of carbonyl (C=O) groups is 2. The molecule has 5 heteroatoms. The van der Waals surface area contributed by atoms with Gasteiger partial charge in [-0.15, -0.1) is 12.4 Å². The summed E-state index contributed by atoms with van der Waals surface area (Å²) in [4.78, 5) is 27.4. The number of carbonyl (C=O) groups excluding carboxylic acids is 2. The van der Waals surface area contributed by atoms with Crippen LogP contribution in [0.4, 0.5) is 0 Å². The Labute approximate surface area is 105 Å². The lowest BCUT2D eigenvalue weighted by atomic mass is 10.3. The van der Waals surface area contributed by atoms with Gasteiger partial charge >= 0.3 is 0 Å². The number of rotatable bonds is 2. The second-order valence-corrected chi connectivity index (χ2v) is 2.81. The van der Waals surface area contributed by atoms with E-state index in [0.29, 0.717) is 11.1 Å². The molecule has 2 heterocycles. The third kappa shape index (κ3) is 6.17. The van der Waals surface area contributed by atoms with Crippen molar-refractivity contribution in [2.24, 2.45) is 0 Å². The predicted octanol–water partition coefficient (Wildman–Crippen LogP) is 2.21. The fraction of sp³-hybridized carbons (Fsp3) is 0. The summed E-state index contributed by atoms with van der Waals surface area (Å²) >= 11 is 0. The maximum atomic E-state index is 9.97. The molecule has 2 aromatic rings. The second kappa shape index (κ2) is 9.18. The topological polar surface area (TPSA) is 59.9 Å². The van der Waals surface area contributed by atoms with E-state index >= 15 is 0 Å². The van der Waals surface area contributed by atoms with E-state index in [-0.39, 0.29) is 12.4 Å². The SMILES string of the molecule is Cl.O=Cc1cccnc1.O=Cc1cccnc1. The highest BCUT2D eigenvalue weighted by atomic mass is 35.5. The first-order valence-corrected chi connectivity index (χ1v) is 4.57. The van der Waals surface area contributed by atoms with Crippen LogP contribution >= 0.6 is 12.4 Å². The smallest absolute Gasteiger partial charge is 0.151 e. The van der Waals surface area contributed by atoms with Gasteiger partial charge in [0.1, 0.15) is 0 Å². The summed E-state index contributed by atoms with van der Waals surface area (Å²) < 4.78 is 0. The Bertz CT molecular complexity index is 391. The molecule has 88 valence electrons. The molecule has 4 nitrogen and oxygen atoms in total. The summed E-state index contributed by atoms with van der Waals surface area (Å²) in [6, 6.07) is 6.87. The first kappa shape index (κ1) is 14.9. The molecule has 2 aromatic heterocycles. The van der Waals surface area contributed by atoms with Crippen molar-refractivity contribution in [3.05, 3.63) is 60.2 Å². The van der Waals surface area contributed by atoms with E-state index in [1.54, 1.807) is 36.7 Å². The Morgan fingerprint density at radius 3 is 1.41 bits per heavy atom. The normalized spacial score (nSPS) is 8.00. The van der Waals surface area contributed by atoms with Gasteiger partial charge in [0.15, 0.2) is 12.6 Å². The molecule has 0 spiro atoms. The minimum atomic E-state index is 0. The largest absolute Gasteiger partial charge is 0.298 e. The van der Waals surface area contributed by atoms with Crippen LogP contribution in [0.25, 0.3) is 0 Å². The quantitative estimate of drug-likeness (QED) is 0.767. The lowest BCUT2D eigenvalue weighted by molar-refractivity contribution is 0.111. The van der Waals surface area contributed by atoms with Crippen LogP contribution in [0.2, 0.25) is 0 Å². The molecule has 0 aliphatic heterocycles. The van der Waals surface area contributed by atoms with Crippen LogP contribution in [0.3, 0.4) is 0 Å². The summed E-state index contributed by atoms with van der Waals surface area (Å²) in [6.45, 7) is 0. The fourth-order valence-electron chi connectivity index (χ4n) is 0.891. The first-order chi connectivity index (χ1) is 7.86. The van der Waals surface area contributed by atoms with E-state index in [0.717, 1.165) is 12.6 Å². The zero-order valence-corrected chi connectivity index (χ0v) is 9.71. The molecule has 0 saturated carbocycles. The molecular weight excluding hydrogens is 240 g/mol. The monoisotopic (exact) mass is 250 g/mol. The third-order valence-corrected chi connectivity index (χ3v) is 1.64. The van der Waals surface area contributed by atoms with Crippen molar-refractivity contribution in [2.75, 3.05) is 0 Å². The first-order valence-electron chi connectivity index (χ1n) is 4.57. The van der Waals surface area contributed by atoms with Crippen LogP contribution in [-0.2, 0) is 0 Å². The molecule has 0 amide bonds. The second-order valence-electron chi connectivity index (χ2n) is 2.81. The molecule has 0 atom stereocenters. The fourth-order valence-corrected chi connectivity index (χ4v) is 0.891. The van der Waals surface area contributed by atoms with Crippen molar-refractivity contribution >= 4 is 25.0 Å². The Morgan fingerprint density at radius 2 is 1.24 bits per heavy atom. The van der Waals surface area contributed by atoms with Gasteiger partial charge in [-0.25, -0.2) is 0 Å². The van der Waals surface area contributed by atoms with Crippen molar-refractivity contribution in [2.45, 2.75) is 0 Å². The van der Waals surface area contributed by atoms with Crippen LogP contribution in [0, 0.1) is 0 Å². The lowest BCUT2D eigenvalue weighted by Crippen LogP contribution is -1.77. The minimum Gasteiger partial charge on any atom is -0.298 e. The van der Waals surface area contributed by atoms with Gasteiger partial charge < -0.3 is 0 Å². The molecule has 0 saturated heterocycles. The van der Waals surface area contributed by atoms with E-state index in [4.69, 9.17) is 0 Å². The van der Waals surface area contributed by atoms with Gasteiger partial charge in [0.25, 0.3) is 0 Å². The Balaban J connectivity index is 0.000000284. The predicted molar refractivity (Wildman–Crippen MR) is 66.5 cm³/mol. The summed E-state index contributed by atoms with van der Waals surface area (Å²) in [7, 11) is 0. The summed E-state index contributed by atoms with van der Waals surface area (Å²) in [5.41, 5.74) is 1.24. The summed E-state index contributed by atoms with van der Waals surface area (Å²) in [5.74, 6) is 0. The van der Waals surface area contributed by atoms with E-state index in [2.05, 4.69) is 9.97 Å². The molecule has 0 bridgehead atoms. The van der Waals surface area contributed by atoms with Gasteiger partial charge in [0.05, 0.1) is 0 Å². The van der Waals surface area contributed by atoms with Crippen LogP contribution in [0.5, 0.6) is 0 Å². The van der Waals surface area contributed by atoms with Crippen LogP contribution in [0.15, 0.2) is 49.1 Å². The Morgan fingerprint density at radius 1 is 0.824 bits per heavy atom. The molecular formula is C12H11ClN2O2. The molecule has 0 fully saturated rings. The number of aromatic nitrogens is 2. The number of halogens is 1. The van der Waals surface area contributed by atoms with Crippen molar-refractivity contribution in [3.8, 4) is 0 Å². The van der Waals surface area contributed by atoms with Gasteiger partial charge in [-0.3, -0.25) is 19.6 Å². The molecule has 0 aliphatic rings. The van der Waals surface area contributed by atoms with Gasteiger partial charge in [-0.05, 0) is 24.3 Å². The van der Waals surface area contributed by atoms with Gasteiger partial charge in [-0.1, -0.05) is 0 Å². The Kier molecular flexibility index (Phi) is 8.06. The molecule has 0 radical (unpaired) electrons. The van der Waals surface area contributed by atoms with Crippen molar-refractivity contribution in [1.29, 1.82) is 0 Å². The average Bonchev–Trinajstić information content (AvgIpc) is 2.41. The maximum absolute atomic E-state index is 9.97. The number of hydrogen-bond acceptors (Lipinski definition) is 4. The van der Waals surface area contributed by atoms with E-state index in [1.165, 1.54) is 12.4 Å². The number of aldehydes is 2. The molecule has 0 unspecified atom stereocenters. The molecule has 0 aliphatic carbocycles.